The van der Waals surface area contributed by atoms with Gasteiger partial charge in [0.15, 0.2) is 0 Å². The van der Waals surface area contributed by atoms with E-state index in [1.54, 1.807) is 6.20 Å². The molecule has 2 heterocycles. The molecule has 0 saturated carbocycles. The van der Waals surface area contributed by atoms with Crippen LogP contribution in [0.25, 0.3) is 11.0 Å². The zero-order valence-corrected chi connectivity index (χ0v) is 10.6. The number of hydrogen-bond donors (Lipinski definition) is 1. The van der Waals surface area contributed by atoms with E-state index in [0.717, 1.165) is 28.9 Å². The molecular formula is C15H13ClN2. The largest absolute Gasteiger partial charge is 0.343 e. The van der Waals surface area contributed by atoms with Crippen LogP contribution in [0.3, 0.4) is 0 Å². The van der Waals surface area contributed by atoms with Crippen molar-refractivity contribution < 1.29 is 0 Å². The lowest BCUT2D eigenvalue weighted by Crippen LogP contribution is -1.90. The van der Waals surface area contributed by atoms with Crippen molar-refractivity contribution in [2.45, 2.75) is 12.8 Å². The summed E-state index contributed by atoms with van der Waals surface area (Å²) >= 11 is 6.13. The Morgan fingerprint density at radius 3 is 2.67 bits per heavy atom. The maximum absolute atomic E-state index is 6.13. The lowest BCUT2D eigenvalue weighted by molar-refractivity contribution is 0.928. The Morgan fingerprint density at radius 1 is 1.06 bits per heavy atom. The summed E-state index contributed by atoms with van der Waals surface area (Å²) in [6.45, 7) is 0. The average molecular weight is 257 g/mol. The predicted molar refractivity (Wildman–Crippen MR) is 75.0 cm³/mol. The summed E-state index contributed by atoms with van der Waals surface area (Å²) in [6, 6.07) is 14.4. The number of rotatable bonds is 3. The molecule has 3 aromatic rings. The van der Waals surface area contributed by atoms with Crippen LogP contribution in [0.4, 0.5) is 0 Å². The van der Waals surface area contributed by atoms with Crippen LogP contribution in [0.15, 0.2) is 48.7 Å². The Kier molecular flexibility index (Phi) is 3.03. The molecule has 0 fully saturated rings. The van der Waals surface area contributed by atoms with E-state index in [-0.39, 0.29) is 0 Å². The van der Waals surface area contributed by atoms with Crippen molar-refractivity contribution in [1.82, 2.24) is 9.97 Å². The van der Waals surface area contributed by atoms with Gasteiger partial charge in [0.25, 0.3) is 0 Å². The van der Waals surface area contributed by atoms with Crippen LogP contribution in [0.2, 0.25) is 5.02 Å². The third-order valence-electron chi connectivity index (χ3n) is 3.06. The van der Waals surface area contributed by atoms with Crippen molar-refractivity contribution in [3.8, 4) is 0 Å². The summed E-state index contributed by atoms with van der Waals surface area (Å²) in [6.07, 6.45) is 3.71. The topological polar surface area (TPSA) is 28.7 Å². The first-order chi connectivity index (χ1) is 8.83. The molecule has 3 rings (SSSR count). The average Bonchev–Trinajstić information content (AvgIpc) is 2.82. The summed E-state index contributed by atoms with van der Waals surface area (Å²) in [5, 5.41) is 1.75. The normalized spacial score (nSPS) is 10.9. The highest BCUT2D eigenvalue weighted by Crippen LogP contribution is 2.22. The van der Waals surface area contributed by atoms with Gasteiger partial charge in [-0.15, -0.1) is 0 Å². The number of nitrogens with one attached hydrogen (secondary N) is 1. The number of fused-ring (bicyclic) bond motifs is 1. The van der Waals surface area contributed by atoms with Crippen molar-refractivity contribution in [2.75, 3.05) is 0 Å². The van der Waals surface area contributed by atoms with E-state index >= 15 is 0 Å². The van der Waals surface area contributed by atoms with Crippen molar-refractivity contribution in [2.24, 2.45) is 0 Å². The van der Waals surface area contributed by atoms with E-state index in [1.165, 1.54) is 11.3 Å². The number of H-pyrrole nitrogens is 1. The van der Waals surface area contributed by atoms with Crippen LogP contribution >= 0.6 is 11.6 Å². The Balaban J connectivity index is 1.81. The van der Waals surface area contributed by atoms with Crippen LogP contribution in [0.5, 0.6) is 0 Å². The van der Waals surface area contributed by atoms with Crippen molar-refractivity contribution in [1.29, 1.82) is 0 Å². The van der Waals surface area contributed by atoms with Gasteiger partial charge in [-0.25, -0.2) is 4.98 Å². The van der Waals surface area contributed by atoms with Gasteiger partial charge in [-0.05, 0) is 30.5 Å². The zero-order valence-electron chi connectivity index (χ0n) is 9.86. The smallest absolute Gasteiger partial charge is 0.138 e. The van der Waals surface area contributed by atoms with Gasteiger partial charge < -0.3 is 4.98 Å². The first kappa shape index (κ1) is 11.3. The second-order valence-corrected chi connectivity index (χ2v) is 4.74. The van der Waals surface area contributed by atoms with Gasteiger partial charge in [0, 0.05) is 17.3 Å². The molecule has 0 amide bonds. The molecular weight excluding hydrogens is 244 g/mol. The van der Waals surface area contributed by atoms with Crippen LogP contribution in [0, 0.1) is 0 Å². The Bertz CT molecular complexity index is 659. The SMILES string of the molecule is Clc1ccnc2[nH]c(CCc3ccccc3)cc12. The predicted octanol–water partition coefficient (Wildman–Crippen LogP) is 4.00. The molecule has 0 atom stereocenters. The van der Waals surface area contributed by atoms with Gasteiger partial charge in [0.1, 0.15) is 5.65 Å². The summed E-state index contributed by atoms with van der Waals surface area (Å²) in [4.78, 5) is 7.59. The number of aromatic nitrogens is 2. The fourth-order valence-electron chi connectivity index (χ4n) is 2.11. The van der Waals surface area contributed by atoms with Crippen molar-refractivity contribution in [3.63, 3.8) is 0 Å². The maximum Gasteiger partial charge on any atom is 0.138 e. The van der Waals surface area contributed by atoms with Gasteiger partial charge in [0.2, 0.25) is 0 Å². The summed E-state index contributed by atoms with van der Waals surface area (Å²) in [5.41, 5.74) is 3.38. The maximum atomic E-state index is 6.13. The number of nitrogens with zero attached hydrogens (tertiary/aromatic N) is 1. The van der Waals surface area contributed by atoms with Crippen LogP contribution in [-0.4, -0.2) is 9.97 Å². The molecule has 0 radical (unpaired) electrons. The Labute approximate surface area is 111 Å². The second-order valence-electron chi connectivity index (χ2n) is 4.34. The standard InChI is InChI=1S/C15H13ClN2/c16-14-8-9-17-15-13(14)10-12(18-15)7-6-11-4-2-1-3-5-11/h1-5,8-10H,6-7H2,(H,17,18). The van der Waals surface area contributed by atoms with Gasteiger partial charge in [0.05, 0.1) is 5.02 Å². The highest BCUT2D eigenvalue weighted by atomic mass is 35.5. The fourth-order valence-corrected chi connectivity index (χ4v) is 2.31. The van der Waals surface area contributed by atoms with Crippen LogP contribution in [0.1, 0.15) is 11.3 Å². The van der Waals surface area contributed by atoms with E-state index in [4.69, 9.17) is 11.6 Å². The highest BCUT2D eigenvalue weighted by Gasteiger charge is 2.05. The minimum Gasteiger partial charge on any atom is -0.343 e. The number of benzene rings is 1. The molecule has 0 aliphatic heterocycles. The third kappa shape index (κ3) is 2.24. The number of hydrogen-bond acceptors (Lipinski definition) is 1. The number of halogens is 1. The van der Waals surface area contributed by atoms with Crippen LogP contribution in [-0.2, 0) is 12.8 Å². The van der Waals surface area contributed by atoms with Gasteiger partial charge >= 0.3 is 0 Å². The number of pyridine rings is 1. The van der Waals surface area contributed by atoms with Crippen molar-refractivity contribution >= 4 is 22.6 Å². The van der Waals surface area contributed by atoms with E-state index < -0.39 is 0 Å². The quantitative estimate of drug-likeness (QED) is 0.754. The lowest BCUT2D eigenvalue weighted by Gasteiger charge is -1.98. The number of aryl methyl sites for hydroxylation is 2. The van der Waals surface area contributed by atoms with Crippen LogP contribution < -0.4 is 0 Å². The summed E-state index contributed by atoms with van der Waals surface area (Å²) in [7, 11) is 0. The first-order valence-corrected chi connectivity index (χ1v) is 6.37. The molecule has 2 aromatic heterocycles. The monoisotopic (exact) mass is 256 g/mol. The molecule has 0 aliphatic rings. The van der Waals surface area contributed by atoms with Crippen molar-refractivity contribution in [3.05, 3.63) is 64.9 Å². The first-order valence-electron chi connectivity index (χ1n) is 5.99. The van der Waals surface area contributed by atoms with E-state index in [9.17, 15) is 0 Å². The molecule has 1 N–H and O–H groups in total. The highest BCUT2D eigenvalue weighted by molar-refractivity contribution is 6.35. The molecule has 0 aliphatic carbocycles. The molecule has 2 nitrogen and oxygen atoms in total. The third-order valence-corrected chi connectivity index (χ3v) is 3.39. The summed E-state index contributed by atoms with van der Waals surface area (Å²) in [5.74, 6) is 0. The molecule has 0 saturated heterocycles. The zero-order chi connectivity index (χ0) is 12.4. The Hall–Kier alpha value is -1.80. The fraction of sp³-hybridized carbons (Fsp3) is 0.133. The second kappa shape index (κ2) is 4.83. The Morgan fingerprint density at radius 2 is 1.89 bits per heavy atom. The van der Waals surface area contributed by atoms with E-state index in [1.807, 2.05) is 12.1 Å². The molecule has 0 spiro atoms. The molecule has 3 heteroatoms. The lowest BCUT2D eigenvalue weighted by atomic mass is 10.1. The molecule has 90 valence electrons. The van der Waals surface area contributed by atoms with Gasteiger partial charge in [-0.3, -0.25) is 0 Å². The van der Waals surface area contributed by atoms with E-state index in [2.05, 4.69) is 40.3 Å². The molecule has 0 bridgehead atoms. The summed E-state index contributed by atoms with van der Waals surface area (Å²) < 4.78 is 0. The van der Waals surface area contributed by atoms with Gasteiger partial charge in [-0.1, -0.05) is 41.9 Å². The van der Waals surface area contributed by atoms with E-state index in [0.29, 0.717) is 0 Å². The number of aromatic amines is 1. The minimum absolute atomic E-state index is 0.752. The molecule has 18 heavy (non-hydrogen) atoms. The molecule has 1 aromatic carbocycles. The minimum atomic E-state index is 0.752. The molecule has 0 unspecified atom stereocenters. The van der Waals surface area contributed by atoms with Gasteiger partial charge in [-0.2, -0.15) is 0 Å².